The Balaban J connectivity index is 2.65. The number of ether oxygens (including phenoxy) is 1. The minimum absolute atomic E-state index is 0.133. The lowest BCUT2D eigenvalue weighted by atomic mass is 10.3. The van der Waals surface area contributed by atoms with Gasteiger partial charge in [0.15, 0.2) is 5.82 Å². The van der Waals surface area contributed by atoms with Crippen molar-refractivity contribution in [3.8, 4) is 0 Å². The van der Waals surface area contributed by atoms with Crippen LogP contribution in [0.2, 0.25) is 0 Å². The number of methoxy groups -OCH3 is 1. The van der Waals surface area contributed by atoms with Gasteiger partial charge in [-0.3, -0.25) is 0 Å². The van der Waals surface area contributed by atoms with Crippen LogP contribution in [0.4, 0.5) is 0 Å². The molecule has 0 bridgehead atoms. The third kappa shape index (κ3) is 2.48. The van der Waals surface area contributed by atoms with Crippen LogP contribution < -0.4 is 5.73 Å². The quantitative estimate of drug-likeness (QED) is 0.610. The summed E-state index contributed by atoms with van der Waals surface area (Å²) in [6, 6.07) is -0.473. The highest BCUT2D eigenvalue weighted by molar-refractivity contribution is 4.93. The van der Waals surface area contributed by atoms with Crippen LogP contribution in [0, 0.1) is 0 Å². The Hall–Kier alpha value is -0.980. The second kappa shape index (κ2) is 4.90. The third-order valence-electron chi connectivity index (χ3n) is 1.71. The van der Waals surface area contributed by atoms with Gasteiger partial charge in [-0.2, -0.15) is 0 Å². The molecule has 1 unspecified atom stereocenters. The summed E-state index contributed by atoms with van der Waals surface area (Å²) in [5.74, 6) is 0.583. The number of aromatic nitrogens is 3. The summed E-state index contributed by atoms with van der Waals surface area (Å²) in [7, 11) is 1.62. The lowest BCUT2D eigenvalue weighted by molar-refractivity contribution is 0.184. The maximum absolute atomic E-state index is 8.82. The molecule has 1 aromatic rings. The first-order chi connectivity index (χ1) is 6.29. The molecule has 0 aliphatic heterocycles. The molecule has 0 saturated heterocycles. The summed E-state index contributed by atoms with van der Waals surface area (Å²) in [5.41, 5.74) is 5.60. The Morgan fingerprint density at radius 2 is 2.54 bits per heavy atom. The van der Waals surface area contributed by atoms with Gasteiger partial charge in [0.05, 0.1) is 19.3 Å². The maximum Gasteiger partial charge on any atom is 0.152 e. The molecular weight excluding hydrogens is 172 g/mol. The molecule has 0 spiro atoms. The van der Waals surface area contributed by atoms with E-state index in [1.54, 1.807) is 18.0 Å². The molecule has 13 heavy (non-hydrogen) atoms. The van der Waals surface area contributed by atoms with Crippen LogP contribution in [0.5, 0.6) is 0 Å². The zero-order valence-corrected chi connectivity index (χ0v) is 7.55. The summed E-state index contributed by atoms with van der Waals surface area (Å²) in [4.78, 5) is 0. The van der Waals surface area contributed by atoms with Gasteiger partial charge in [-0.05, 0) is 0 Å². The van der Waals surface area contributed by atoms with Crippen LogP contribution in [-0.4, -0.2) is 40.2 Å². The topological polar surface area (TPSA) is 86.2 Å². The molecule has 0 amide bonds. The number of rotatable bonds is 5. The van der Waals surface area contributed by atoms with Crippen LogP contribution in [0.1, 0.15) is 11.9 Å². The van der Waals surface area contributed by atoms with Crippen LogP contribution >= 0.6 is 0 Å². The number of hydrogen-bond acceptors (Lipinski definition) is 5. The molecule has 1 rings (SSSR count). The Morgan fingerprint density at radius 1 is 1.77 bits per heavy atom. The highest BCUT2D eigenvalue weighted by Gasteiger charge is 2.11. The average molecular weight is 186 g/mol. The summed E-state index contributed by atoms with van der Waals surface area (Å²) in [6.45, 7) is 1.08. The van der Waals surface area contributed by atoms with Gasteiger partial charge in [-0.1, -0.05) is 0 Å². The fraction of sp³-hybridized carbons (Fsp3) is 0.714. The molecular formula is C7H14N4O2. The Morgan fingerprint density at radius 3 is 3.15 bits per heavy atom. The SMILES string of the molecule is COCCn1cnnc1C(N)CO. The van der Waals surface area contributed by atoms with Crippen molar-refractivity contribution in [2.45, 2.75) is 12.6 Å². The van der Waals surface area contributed by atoms with E-state index in [-0.39, 0.29) is 6.61 Å². The highest BCUT2D eigenvalue weighted by atomic mass is 16.5. The molecule has 0 saturated carbocycles. The Labute approximate surface area is 76.3 Å². The van der Waals surface area contributed by atoms with Crippen molar-refractivity contribution in [3.63, 3.8) is 0 Å². The minimum atomic E-state index is -0.473. The van der Waals surface area contributed by atoms with E-state index >= 15 is 0 Å². The average Bonchev–Trinajstić information content (AvgIpc) is 2.61. The lowest BCUT2D eigenvalue weighted by Gasteiger charge is -2.09. The van der Waals surface area contributed by atoms with Crippen LogP contribution in [0.25, 0.3) is 0 Å². The van der Waals surface area contributed by atoms with E-state index in [9.17, 15) is 0 Å². The van der Waals surface area contributed by atoms with E-state index in [4.69, 9.17) is 15.6 Å². The maximum atomic E-state index is 8.82. The van der Waals surface area contributed by atoms with Gasteiger partial charge in [-0.25, -0.2) is 0 Å². The van der Waals surface area contributed by atoms with E-state index in [1.165, 1.54) is 0 Å². The number of nitrogens with two attached hydrogens (primary N) is 1. The molecule has 0 aliphatic carbocycles. The van der Waals surface area contributed by atoms with Crippen LogP contribution in [0.15, 0.2) is 6.33 Å². The predicted molar refractivity (Wildman–Crippen MR) is 45.9 cm³/mol. The van der Waals surface area contributed by atoms with Crippen molar-refractivity contribution in [1.29, 1.82) is 0 Å². The number of nitrogens with zero attached hydrogens (tertiary/aromatic N) is 3. The Bertz CT molecular complexity index is 250. The van der Waals surface area contributed by atoms with Crippen molar-refractivity contribution in [1.82, 2.24) is 14.8 Å². The summed E-state index contributed by atoms with van der Waals surface area (Å²) >= 11 is 0. The standard InChI is InChI=1S/C7H14N4O2/c1-13-3-2-11-5-9-10-7(11)6(8)4-12/h5-6,12H,2-4,8H2,1H3. The first-order valence-corrected chi connectivity index (χ1v) is 4.02. The van der Waals surface area contributed by atoms with Gasteiger partial charge in [-0.15, -0.1) is 10.2 Å². The summed E-state index contributed by atoms with van der Waals surface area (Å²) in [5, 5.41) is 16.3. The molecule has 0 radical (unpaired) electrons. The second-order valence-corrected chi connectivity index (χ2v) is 2.66. The Kier molecular flexibility index (Phi) is 3.81. The first-order valence-electron chi connectivity index (χ1n) is 4.02. The van der Waals surface area contributed by atoms with Crippen LogP contribution in [0.3, 0.4) is 0 Å². The van der Waals surface area contributed by atoms with Crippen LogP contribution in [-0.2, 0) is 11.3 Å². The largest absolute Gasteiger partial charge is 0.394 e. The van der Waals surface area contributed by atoms with Crippen molar-refractivity contribution < 1.29 is 9.84 Å². The fourth-order valence-corrected chi connectivity index (χ4v) is 0.995. The normalized spacial score (nSPS) is 13.2. The van der Waals surface area contributed by atoms with Crippen molar-refractivity contribution in [3.05, 3.63) is 12.2 Å². The van der Waals surface area contributed by atoms with E-state index < -0.39 is 6.04 Å². The van der Waals surface area contributed by atoms with Gasteiger partial charge in [0.2, 0.25) is 0 Å². The van der Waals surface area contributed by atoms with Gasteiger partial charge < -0.3 is 20.1 Å². The highest BCUT2D eigenvalue weighted by Crippen LogP contribution is 2.04. The summed E-state index contributed by atoms with van der Waals surface area (Å²) < 4.78 is 6.67. The molecule has 3 N–H and O–H groups in total. The zero-order valence-electron chi connectivity index (χ0n) is 7.55. The second-order valence-electron chi connectivity index (χ2n) is 2.66. The van der Waals surface area contributed by atoms with Crippen molar-refractivity contribution >= 4 is 0 Å². The monoisotopic (exact) mass is 186 g/mol. The number of aliphatic hydroxyl groups excluding tert-OH is 1. The smallest absolute Gasteiger partial charge is 0.152 e. The molecule has 0 fully saturated rings. The van der Waals surface area contributed by atoms with Crippen molar-refractivity contribution in [2.24, 2.45) is 5.73 Å². The lowest BCUT2D eigenvalue weighted by Crippen LogP contribution is -2.20. The number of hydrogen-bond donors (Lipinski definition) is 2. The predicted octanol–water partition coefficient (Wildman–Crippen LogP) is -1.08. The van der Waals surface area contributed by atoms with E-state index in [0.717, 1.165) is 0 Å². The van der Waals surface area contributed by atoms with Gasteiger partial charge in [0, 0.05) is 13.7 Å². The van der Waals surface area contributed by atoms with Gasteiger partial charge >= 0.3 is 0 Å². The molecule has 6 nitrogen and oxygen atoms in total. The van der Waals surface area contributed by atoms with E-state index in [0.29, 0.717) is 19.0 Å². The van der Waals surface area contributed by atoms with E-state index in [2.05, 4.69) is 10.2 Å². The molecule has 1 atom stereocenters. The molecule has 74 valence electrons. The molecule has 0 aliphatic rings. The van der Waals surface area contributed by atoms with Gasteiger partial charge in [0.25, 0.3) is 0 Å². The van der Waals surface area contributed by atoms with Crippen molar-refractivity contribution in [2.75, 3.05) is 20.3 Å². The molecule has 1 heterocycles. The van der Waals surface area contributed by atoms with Gasteiger partial charge in [0.1, 0.15) is 6.33 Å². The third-order valence-corrected chi connectivity index (χ3v) is 1.71. The number of aliphatic hydroxyl groups is 1. The zero-order chi connectivity index (χ0) is 9.68. The summed E-state index contributed by atoms with van der Waals surface area (Å²) in [6.07, 6.45) is 1.57. The minimum Gasteiger partial charge on any atom is -0.394 e. The van der Waals surface area contributed by atoms with E-state index in [1.807, 2.05) is 0 Å². The first kappa shape index (κ1) is 10.1. The molecule has 0 aromatic carbocycles. The molecule has 6 heteroatoms. The fourth-order valence-electron chi connectivity index (χ4n) is 0.995. The molecule has 1 aromatic heterocycles.